The molecule has 0 N–H and O–H groups in total. The third-order valence-electron chi connectivity index (χ3n) is 5.93. The van der Waals surface area contributed by atoms with Crippen molar-refractivity contribution in [3.05, 3.63) is 35.6 Å². The first kappa shape index (κ1) is 18.3. The van der Waals surface area contributed by atoms with Crippen LogP contribution >= 0.6 is 0 Å². The Kier molecular flexibility index (Phi) is 5.74. The van der Waals surface area contributed by atoms with Gasteiger partial charge in [0.25, 0.3) is 0 Å². The molecule has 2 fully saturated rings. The van der Waals surface area contributed by atoms with Crippen molar-refractivity contribution >= 4 is 5.91 Å². The maximum absolute atomic E-state index is 13.2. The largest absolute Gasteiger partial charge is 0.383 e. The molecule has 2 saturated heterocycles. The number of nitrogens with zero attached hydrogens (tertiary/aromatic N) is 2. The molecule has 25 heavy (non-hydrogen) atoms. The molecule has 2 aliphatic rings. The van der Waals surface area contributed by atoms with Crippen LogP contribution in [-0.2, 0) is 16.1 Å². The van der Waals surface area contributed by atoms with Gasteiger partial charge in [0.05, 0.1) is 12.1 Å². The highest BCUT2D eigenvalue weighted by Gasteiger charge is 2.52. The van der Waals surface area contributed by atoms with Crippen LogP contribution in [0.15, 0.2) is 24.3 Å². The van der Waals surface area contributed by atoms with Crippen LogP contribution in [0.25, 0.3) is 0 Å². The highest BCUT2D eigenvalue weighted by molar-refractivity contribution is 5.80. The van der Waals surface area contributed by atoms with E-state index in [1.165, 1.54) is 12.1 Å². The van der Waals surface area contributed by atoms with Gasteiger partial charge in [-0.15, -0.1) is 0 Å². The number of halogens is 1. The van der Waals surface area contributed by atoms with E-state index in [4.69, 9.17) is 4.74 Å². The number of hydrogen-bond acceptors (Lipinski definition) is 3. The van der Waals surface area contributed by atoms with Gasteiger partial charge >= 0.3 is 0 Å². The number of ether oxygens (including phenoxy) is 1. The fraction of sp³-hybridized carbons (Fsp3) is 0.650. The predicted molar refractivity (Wildman–Crippen MR) is 95.7 cm³/mol. The van der Waals surface area contributed by atoms with Crippen LogP contribution in [0.2, 0.25) is 0 Å². The SMILES string of the molecule is CC[C@@H]1N(Cc2ccc(F)cc2)CCC[C@]12CCC(=O)N2CCOC. The molecule has 0 aliphatic carbocycles. The van der Waals surface area contributed by atoms with Crippen LogP contribution in [0.4, 0.5) is 4.39 Å². The average molecular weight is 348 g/mol. The lowest BCUT2D eigenvalue weighted by atomic mass is 9.77. The molecule has 0 aromatic heterocycles. The first-order valence-electron chi connectivity index (χ1n) is 9.38. The van der Waals surface area contributed by atoms with E-state index in [1.54, 1.807) is 7.11 Å². The van der Waals surface area contributed by atoms with Gasteiger partial charge in [-0.25, -0.2) is 4.39 Å². The number of rotatable bonds is 6. The van der Waals surface area contributed by atoms with Gasteiger partial charge in [0, 0.05) is 32.7 Å². The molecule has 4 nitrogen and oxygen atoms in total. The summed E-state index contributed by atoms with van der Waals surface area (Å²) >= 11 is 0. The van der Waals surface area contributed by atoms with E-state index in [0.29, 0.717) is 25.6 Å². The monoisotopic (exact) mass is 348 g/mol. The molecule has 2 heterocycles. The number of methoxy groups -OCH3 is 1. The molecule has 5 heteroatoms. The molecule has 0 unspecified atom stereocenters. The minimum Gasteiger partial charge on any atom is -0.383 e. The molecule has 2 aliphatic heterocycles. The Bertz CT molecular complexity index is 592. The summed E-state index contributed by atoms with van der Waals surface area (Å²) in [5.41, 5.74) is 1.06. The standard InChI is InChI=1S/C20H29FN2O2/c1-3-18-20(11-9-19(24)23(20)13-14-25-2)10-4-12-22(18)15-16-5-7-17(21)8-6-16/h5-8,18H,3-4,9-15H2,1-2H3/t18-,20-/m0/s1. The van der Waals surface area contributed by atoms with Gasteiger partial charge in [-0.3, -0.25) is 9.69 Å². The second-order valence-corrected chi connectivity index (χ2v) is 7.27. The van der Waals surface area contributed by atoms with E-state index in [9.17, 15) is 9.18 Å². The van der Waals surface area contributed by atoms with Crippen LogP contribution in [0, 0.1) is 5.82 Å². The van der Waals surface area contributed by atoms with Crippen LogP contribution in [-0.4, -0.2) is 54.1 Å². The van der Waals surface area contributed by atoms with Gasteiger partial charge in [0.2, 0.25) is 5.91 Å². The summed E-state index contributed by atoms with van der Waals surface area (Å²) in [7, 11) is 1.69. The van der Waals surface area contributed by atoms with Crippen molar-refractivity contribution in [1.82, 2.24) is 9.80 Å². The molecule has 1 aromatic carbocycles. The molecular formula is C20H29FN2O2. The molecule has 2 atom stereocenters. The third-order valence-corrected chi connectivity index (χ3v) is 5.93. The summed E-state index contributed by atoms with van der Waals surface area (Å²) < 4.78 is 18.4. The Balaban J connectivity index is 1.82. The summed E-state index contributed by atoms with van der Waals surface area (Å²) in [6, 6.07) is 7.13. The molecule has 138 valence electrons. The fourth-order valence-electron chi connectivity index (χ4n) is 4.88. The molecule has 1 aromatic rings. The Labute approximate surface area is 149 Å². The molecule has 3 rings (SSSR count). The zero-order chi connectivity index (χ0) is 17.9. The molecule has 1 amide bonds. The third kappa shape index (κ3) is 3.58. The van der Waals surface area contributed by atoms with Crippen LogP contribution in [0.3, 0.4) is 0 Å². The number of piperidine rings is 1. The summed E-state index contributed by atoms with van der Waals surface area (Å²) in [6.45, 7) is 5.32. The number of benzene rings is 1. The van der Waals surface area contributed by atoms with Gasteiger partial charge in [-0.2, -0.15) is 0 Å². The van der Waals surface area contributed by atoms with E-state index < -0.39 is 0 Å². The number of likely N-dealkylation sites (tertiary alicyclic amines) is 2. The highest BCUT2D eigenvalue weighted by Crippen LogP contribution is 2.43. The molecule has 1 spiro atoms. The zero-order valence-corrected chi connectivity index (χ0v) is 15.3. The minimum absolute atomic E-state index is 0.0668. The second-order valence-electron chi connectivity index (χ2n) is 7.27. The summed E-state index contributed by atoms with van der Waals surface area (Å²) in [5.74, 6) is 0.0668. The second kappa shape index (κ2) is 7.83. The first-order chi connectivity index (χ1) is 12.1. The minimum atomic E-state index is -0.196. The number of carbonyl (C=O) groups is 1. The van der Waals surface area contributed by atoms with Crippen molar-refractivity contribution < 1.29 is 13.9 Å². The van der Waals surface area contributed by atoms with Crippen molar-refractivity contribution in [1.29, 1.82) is 0 Å². The van der Waals surface area contributed by atoms with E-state index >= 15 is 0 Å². The van der Waals surface area contributed by atoms with Crippen molar-refractivity contribution in [3.8, 4) is 0 Å². The van der Waals surface area contributed by atoms with Crippen molar-refractivity contribution in [2.75, 3.05) is 26.8 Å². The number of carbonyl (C=O) groups excluding carboxylic acids is 1. The van der Waals surface area contributed by atoms with E-state index in [0.717, 1.165) is 44.3 Å². The van der Waals surface area contributed by atoms with Crippen LogP contribution < -0.4 is 0 Å². The van der Waals surface area contributed by atoms with E-state index in [-0.39, 0.29) is 17.3 Å². The quantitative estimate of drug-likeness (QED) is 0.791. The summed E-state index contributed by atoms with van der Waals surface area (Å²) in [6.07, 6.45) is 4.76. The molecular weight excluding hydrogens is 319 g/mol. The zero-order valence-electron chi connectivity index (χ0n) is 15.3. The molecule has 0 saturated carbocycles. The number of amides is 1. The van der Waals surface area contributed by atoms with Gasteiger partial charge in [-0.1, -0.05) is 19.1 Å². The average Bonchev–Trinajstić information content (AvgIpc) is 2.91. The lowest BCUT2D eigenvalue weighted by molar-refractivity contribution is -0.136. The van der Waals surface area contributed by atoms with Gasteiger partial charge < -0.3 is 9.64 Å². The van der Waals surface area contributed by atoms with Crippen molar-refractivity contribution in [2.45, 2.75) is 57.2 Å². The van der Waals surface area contributed by atoms with Crippen LogP contribution in [0.5, 0.6) is 0 Å². The summed E-state index contributed by atoms with van der Waals surface area (Å²) in [4.78, 5) is 17.1. The Morgan fingerprint density at radius 1 is 1.28 bits per heavy atom. The van der Waals surface area contributed by atoms with Crippen molar-refractivity contribution in [3.63, 3.8) is 0 Å². The maximum atomic E-state index is 13.2. The van der Waals surface area contributed by atoms with Gasteiger partial charge in [0.1, 0.15) is 5.82 Å². The maximum Gasteiger partial charge on any atom is 0.223 e. The number of hydrogen-bond donors (Lipinski definition) is 0. The lowest BCUT2D eigenvalue weighted by Gasteiger charge is -2.52. The Morgan fingerprint density at radius 2 is 2.04 bits per heavy atom. The first-order valence-corrected chi connectivity index (χ1v) is 9.38. The Morgan fingerprint density at radius 3 is 2.72 bits per heavy atom. The predicted octanol–water partition coefficient (Wildman–Crippen LogP) is 3.21. The normalized spacial score (nSPS) is 27.4. The van der Waals surface area contributed by atoms with E-state index in [1.807, 2.05) is 12.1 Å². The van der Waals surface area contributed by atoms with Gasteiger partial charge in [-0.05, 0) is 49.9 Å². The lowest BCUT2D eigenvalue weighted by Crippen LogP contribution is -2.63. The fourth-order valence-corrected chi connectivity index (χ4v) is 4.88. The molecule has 0 bridgehead atoms. The van der Waals surface area contributed by atoms with Gasteiger partial charge in [0.15, 0.2) is 0 Å². The highest BCUT2D eigenvalue weighted by atomic mass is 19.1. The van der Waals surface area contributed by atoms with Crippen molar-refractivity contribution in [2.24, 2.45) is 0 Å². The van der Waals surface area contributed by atoms with Crippen LogP contribution in [0.1, 0.15) is 44.6 Å². The molecule has 0 radical (unpaired) electrons. The topological polar surface area (TPSA) is 32.8 Å². The smallest absolute Gasteiger partial charge is 0.223 e. The van der Waals surface area contributed by atoms with E-state index in [2.05, 4.69) is 16.7 Å². The summed E-state index contributed by atoms with van der Waals surface area (Å²) in [5, 5.41) is 0. The Hall–Kier alpha value is -1.46.